The van der Waals surface area contributed by atoms with E-state index < -0.39 is 11.7 Å². The number of fused-ring (bicyclic) bond motifs is 1. The summed E-state index contributed by atoms with van der Waals surface area (Å²) in [7, 11) is 0. The maximum absolute atomic E-state index is 14.8. The maximum Gasteiger partial charge on any atom is 0.276 e. The summed E-state index contributed by atoms with van der Waals surface area (Å²) < 4.78 is 16.5. The van der Waals surface area contributed by atoms with Gasteiger partial charge in [-0.1, -0.05) is 11.6 Å². The van der Waals surface area contributed by atoms with Crippen molar-refractivity contribution in [1.29, 1.82) is 5.26 Å². The Morgan fingerprint density at radius 2 is 2.05 bits per heavy atom. The van der Waals surface area contributed by atoms with Crippen molar-refractivity contribution in [3.05, 3.63) is 81.9 Å². The normalized spacial score (nSPS) is 18.1. The Balaban J connectivity index is 1.20. The molecule has 1 unspecified atom stereocenters. The van der Waals surface area contributed by atoms with Crippen molar-refractivity contribution in [3.63, 3.8) is 0 Å². The number of pyridine rings is 1. The number of nitrogens with zero attached hydrogens (tertiary/aromatic N) is 7. The lowest BCUT2D eigenvalue weighted by Gasteiger charge is -2.21. The number of piperidine rings is 1. The molecule has 2 amide bonds. The number of hydrogen-bond donors (Lipinski definition) is 1. The van der Waals surface area contributed by atoms with Gasteiger partial charge in [0, 0.05) is 24.9 Å². The van der Waals surface area contributed by atoms with Crippen molar-refractivity contribution in [2.75, 3.05) is 16.8 Å². The van der Waals surface area contributed by atoms with Gasteiger partial charge in [0.15, 0.2) is 5.82 Å². The standard InChI is InChI=1S/C29H24ClFN8O2/c1-14-6-18(9-34-27(14)38-12-19-7-21(19)29(38)41)16(3)39-13-20(10-35-39)36-28(40)26-15(2)33-11-23(37-26)24-17(8-32)4-5-22(30)25(24)31/h4-6,9-11,13,16,19,21H,7,12H2,1-3H3,(H,36,40)/t16?,19-,21-/m1/s1. The van der Waals surface area contributed by atoms with E-state index in [1.807, 2.05) is 26.0 Å². The first kappa shape index (κ1) is 26.5. The summed E-state index contributed by atoms with van der Waals surface area (Å²) in [5.74, 6) is 0.104. The molecule has 1 aliphatic heterocycles. The molecule has 12 heteroatoms. The van der Waals surface area contributed by atoms with E-state index in [-0.39, 0.29) is 45.4 Å². The van der Waals surface area contributed by atoms with Crippen LogP contribution in [-0.2, 0) is 4.79 Å². The number of aryl methyl sites for hydroxylation is 2. The van der Waals surface area contributed by atoms with E-state index in [1.54, 1.807) is 28.9 Å². The van der Waals surface area contributed by atoms with Gasteiger partial charge in [0.1, 0.15) is 11.5 Å². The Labute approximate surface area is 239 Å². The second-order valence-electron chi connectivity index (χ2n) is 10.4. The highest BCUT2D eigenvalue weighted by molar-refractivity contribution is 6.31. The number of carbonyl (C=O) groups excluding carboxylic acids is 2. The summed E-state index contributed by atoms with van der Waals surface area (Å²) in [5, 5.41) is 16.4. The van der Waals surface area contributed by atoms with Crippen LogP contribution in [0, 0.1) is 42.8 Å². The molecule has 1 saturated heterocycles. The number of carbonyl (C=O) groups is 2. The highest BCUT2D eigenvalue weighted by atomic mass is 35.5. The zero-order valence-corrected chi connectivity index (χ0v) is 23.1. The summed E-state index contributed by atoms with van der Waals surface area (Å²) in [6.45, 7) is 6.23. The molecule has 2 aliphatic rings. The van der Waals surface area contributed by atoms with Gasteiger partial charge < -0.3 is 5.32 Å². The minimum atomic E-state index is -0.813. The molecular weight excluding hydrogens is 547 g/mol. The number of amides is 2. The lowest BCUT2D eigenvalue weighted by atomic mass is 10.0. The number of nitrogens with one attached hydrogen (secondary N) is 1. The van der Waals surface area contributed by atoms with E-state index in [1.165, 1.54) is 24.5 Å². The monoisotopic (exact) mass is 570 g/mol. The predicted octanol–water partition coefficient (Wildman–Crippen LogP) is 4.86. The van der Waals surface area contributed by atoms with Crippen LogP contribution in [0.2, 0.25) is 5.02 Å². The fourth-order valence-electron chi connectivity index (χ4n) is 5.20. The molecule has 0 bridgehead atoms. The van der Waals surface area contributed by atoms with Crippen LogP contribution in [0.25, 0.3) is 11.3 Å². The number of halogens is 2. The molecule has 6 rings (SSSR count). The third-order valence-electron chi connectivity index (χ3n) is 7.63. The third-order valence-corrected chi connectivity index (χ3v) is 7.92. The van der Waals surface area contributed by atoms with Crippen LogP contribution in [0.4, 0.5) is 15.9 Å². The van der Waals surface area contributed by atoms with E-state index in [9.17, 15) is 19.2 Å². The predicted molar refractivity (Wildman–Crippen MR) is 149 cm³/mol. The largest absolute Gasteiger partial charge is 0.318 e. The number of benzene rings is 1. The van der Waals surface area contributed by atoms with Gasteiger partial charge in [-0.25, -0.2) is 14.4 Å². The van der Waals surface area contributed by atoms with Gasteiger partial charge in [0.25, 0.3) is 5.91 Å². The van der Waals surface area contributed by atoms with Gasteiger partial charge >= 0.3 is 0 Å². The third kappa shape index (κ3) is 4.70. The van der Waals surface area contributed by atoms with E-state index >= 15 is 0 Å². The average molecular weight is 571 g/mol. The first-order valence-electron chi connectivity index (χ1n) is 13.0. The molecule has 3 atom stereocenters. The minimum Gasteiger partial charge on any atom is -0.318 e. The summed E-state index contributed by atoms with van der Waals surface area (Å²) >= 11 is 5.92. The Kier molecular flexibility index (Phi) is 6.50. The first-order valence-corrected chi connectivity index (χ1v) is 13.4. The molecule has 3 aromatic heterocycles. The van der Waals surface area contributed by atoms with Crippen molar-refractivity contribution in [3.8, 4) is 17.3 Å². The van der Waals surface area contributed by atoms with Gasteiger partial charge in [-0.15, -0.1) is 0 Å². The average Bonchev–Trinajstić information content (AvgIpc) is 3.46. The minimum absolute atomic E-state index is 0.0144. The number of anilines is 2. The van der Waals surface area contributed by atoms with Crippen molar-refractivity contribution in [2.45, 2.75) is 33.2 Å². The molecule has 4 aromatic rings. The van der Waals surface area contributed by atoms with E-state index in [4.69, 9.17) is 11.6 Å². The molecule has 1 aromatic carbocycles. The van der Waals surface area contributed by atoms with Crippen LogP contribution >= 0.6 is 11.6 Å². The van der Waals surface area contributed by atoms with Gasteiger partial charge in [-0.3, -0.25) is 24.2 Å². The van der Waals surface area contributed by atoms with Crippen molar-refractivity contribution in [2.24, 2.45) is 11.8 Å². The van der Waals surface area contributed by atoms with Crippen molar-refractivity contribution >= 4 is 34.9 Å². The summed E-state index contributed by atoms with van der Waals surface area (Å²) in [5.41, 5.74) is 2.44. The molecule has 41 heavy (non-hydrogen) atoms. The van der Waals surface area contributed by atoms with Crippen LogP contribution < -0.4 is 10.2 Å². The molecule has 0 spiro atoms. The second-order valence-corrected chi connectivity index (χ2v) is 10.8. The lowest BCUT2D eigenvalue weighted by molar-refractivity contribution is -0.118. The molecule has 1 N–H and O–H groups in total. The molecule has 4 heterocycles. The van der Waals surface area contributed by atoms with Gasteiger partial charge in [0.2, 0.25) is 5.91 Å². The Morgan fingerprint density at radius 1 is 1.24 bits per heavy atom. The smallest absolute Gasteiger partial charge is 0.276 e. The van der Waals surface area contributed by atoms with E-state index in [0.717, 1.165) is 24.1 Å². The summed E-state index contributed by atoms with van der Waals surface area (Å²) in [4.78, 5) is 40.5. The molecule has 1 saturated carbocycles. The number of rotatable bonds is 6. The SMILES string of the molecule is Cc1cc(C(C)n2cc(NC(=O)c3nc(-c4c(C#N)ccc(Cl)c4F)cnc3C)cn2)cnc1N1C[C@H]2C[C@H]2C1=O. The fourth-order valence-corrected chi connectivity index (χ4v) is 5.36. The molecule has 1 aliphatic carbocycles. The number of hydrogen-bond acceptors (Lipinski definition) is 7. The van der Waals surface area contributed by atoms with E-state index in [0.29, 0.717) is 23.1 Å². The highest BCUT2D eigenvalue weighted by Crippen LogP contribution is 2.47. The molecule has 10 nitrogen and oxygen atoms in total. The number of nitriles is 1. The maximum atomic E-state index is 14.8. The van der Waals surface area contributed by atoms with Crippen LogP contribution in [-0.4, -0.2) is 43.1 Å². The van der Waals surface area contributed by atoms with Crippen LogP contribution in [0.15, 0.2) is 43.0 Å². The van der Waals surface area contributed by atoms with Crippen molar-refractivity contribution in [1.82, 2.24) is 24.7 Å². The quantitative estimate of drug-likeness (QED) is 0.350. The summed E-state index contributed by atoms with van der Waals surface area (Å²) in [6, 6.07) is 6.38. The topological polar surface area (TPSA) is 130 Å². The molecule has 2 fully saturated rings. The first-order chi connectivity index (χ1) is 19.7. The molecule has 206 valence electrons. The van der Waals surface area contributed by atoms with Crippen LogP contribution in [0.1, 0.15) is 52.3 Å². The zero-order valence-electron chi connectivity index (χ0n) is 22.4. The lowest BCUT2D eigenvalue weighted by Crippen LogP contribution is -2.29. The van der Waals surface area contributed by atoms with E-state index in [2.05, 4.69) is 25.4 Å². The fraction of sp³-hybridized carbons (Fsp3) is 0.276. The van der Waals surface area contributed by atoms with Gasteiger partial charge in [0.05, 0.1) is 57.7 Å². The second kappa shape index (κ2) is 10.1. The van der Waals surface area contributed by atoms with Gasteiger partial charge in [-0.2, -0.15) is 10.4 Å². The Morgan fingerprint density at radius 3 is 2.76 bits per heavy atom. The van der Waals surface area contributed by atoms with Crippen LogP contribution in [0.3, 0.4) is 0 Å². The molecular formula is C29H24ClFN8O2. The molecule has 0 radical (unpaired) electrons. The van der Waals surface area contributed by atoms with Crippen LogP contribution in [0.5, 0.6) is 0 Å². The summed E-state index contributed by atoms with van der Waals surface area (Å²) in [6.07, 6.45) is 7.22. The van der Waals surface area contributed by atoms with Crippen molar-refractivity contribution < 1.29 is 14.0 Å². The van der Waals surface area contributed by atoms with Gasteiger partial charge in [-0.05, 0) is 62.4 Å². The number of aromatic nitrogens is 5. The highest BCUT2D eigenvalue weighted by Gasteiger charge is 2.53. The Bertz CT molecular complexity index is 1780. The Hall–Kier alpha value is -4.69. The zero-order chi connectivity index (χ0) is 29.0.